The number of fused-ring (bicyclic) bond motifs is 1. The molecule has 0 unspecified atom stereocenters. The van der Waals surface area contributed by atoms with Crippen LogP contribution >= 0.6 is 12.0 Å². The van der Waals surface area contributed by atoms with E-state index in [2.05, 4.69) is 101 Å². The van der Waals surface area contributed by atoms with Crippen molar-refractivity contribution in [2.45, 2.75) is 45.6 Å². The van der Waals surface area contributed by atoms with Gasteiger partial charge in [-0.1, -0.05) is 56.2 Å². The van der Waals surface area contributed by atoms with E-state index in [4.69, 9.17) is 5.26 Å². The molecule has 2 aromatic carbocycles. The molecular weight excluding hydrogens is 416 g/mol. The molecule has 0 amide bonds. The quantitative estimate of drug-likeness (QED) is 0.101. The van der Waals surface area contributed by atoms with Crippen molar-refractivity contribution in [2.24, 2.45) is 0 Å². The summed E-state index contributed by atoms with van der Waals surface area (Å²) in [5.41, 5.74) is 4.94. The maximum atomic E-state index is 8.41. The highest BCUT2D eigenvalue weighted by Crippen LogP contribution is 2.20. The molecule has 3 rings (SSSR count). The molecule has 1 heterocycles. The summed E-state index contributed by atoms with van der Waals surface area (Å²) in [6, 6.07) is 19.6. The fraction of sp³-hybridized carbons (Fsp3) is 0.370. The predicted octanol–water partition coefficient (Wildman–Crippen LogP) is 6.84. The number of hydrogen-bond donors (Lipinski definition) is 1. The molecule has 1 aromatic heterocycles. The standard InChI is InChI=1S/C27H34N2O2S/c1-3-4-7-19-28(2)25-16-13-23(14-17-25)12-15-24-18-21-29(20-8-9-22-32-31-30)27-11-6-5-10-26(24)27/h5-6,10-18,21H,3-4,7-9,19-20,22H2,1-2H3/p+1. The van der Waals surface area contributed by atoms with Gasteiger partial charge in [-0.2, -0.15) is 8.90 Å². The van der Waals surface area contributed by atoms with Crippen molar-refractivity contribution in [1.82, 2.24) is 0 Å². The zero-order valence-electron chi connectivity index (χ0n) is 19.2. The molecule has 1 N–H and O–H groups in total. The third-order valence-electron chi connectivity index (χ3n) is 5.77. The number of hydrogen-bond acceptors (Lipinski definition) is 4. The number of unbranched alkanes of at least 4 members (excludes halogenated alkanes) is 3. The monoisotopic (exact) mass is 451 g/mol. The van der Waals surface area contributed by atoms with Gasteiger partial charge in [-0.05, 0) is 42.2 Å². The summed E-state index contributed by atoms with van der Waals surface area (Å²) < 4.78 is 6.39. The van der Waals surface area contributed by atoms with Gasteiger partial charge in [0.1, 0.15) is 6.54 Å². The average molecular weight is 452 g/mol. The first kappa shape index (κ1) is 24.3. The van der Waals surface area contributed by atoms with Crippen molar-refractivity contribution >= 4 is 40.8 Å². The van der Waals surface area contributed by atoms with Gasteiger partial charge in [0.2, 0.25) is 5.52 Å². The second kappa shape index (κ2) is 13.3. The molecule has 0 saturated heterocycles. The van der Waals surface area contributed by atoms with Gasteiger partial charge in [-0.3, -0.25) is 0 Å². The molecule has 3 aromatic rings. The number of para-hydroxylation sites is 1. The van der Waals surface area contributed by atoms with E-state index in [9.17, 15) is 0 Å². The Kier molecular flexibility index (Phi) is 10.1. The number of benzene rings is 2. The molecule has 0 bridgehead atoms. The normalized spacial score (nSPS) is 11.5. The first-order chi connectivity index (χ1) is 15.7. The minimum absolute atomic E-state index is 0.795. The maximum absolute atomic E-state index is 8.41. The number of anilines is 1. The molecule has 0 aliphatic carbocycles. The van der Waals surface area contributed by atoms with Crippen LogP contribution in [0.1, 0.15) is 50.2 Å². The van der Waals surface area contributed by atoms with Crippen molar-refractivity contribution in [2.75, 3.05) is 24.2 Å². The van der Waals surface area contributed by atoms with Gasteiger partial charge in [0.15, 0.2) is 6.20 Å². The molecule has 0 aliphatic heterocycles. The fourth-order valence-electron chi connectivity index (χ4n) is 3.88. The molecule has 0 spiro atoms. The van der Waals surface area contributed by atoms with E-state index in [0.717, 1.165) is 43.7 Å². The van der Waals surface area contributed by atoms with E-state index < -0.39 is 0 Å². The lowest BCUT2D eigenvalue weighted by molar-refractivity contribution is -0.671. The topological polar surface area (TPSA) is 36.6 Å². The largest absolute Gasteiger partial charge is 0.375 e. The van der Waals surface area contributed by atoms with E-state index in [1.54, 1.807) is 0 Å². The van der Waals surface area contributed by atoms with Gasteiger partial charge < -0.3 is 4.90 Å². The van der Waals surface area contributed by atoms with Crippen molar-refractivity contribution in [3.8, 4) is 0 Å². The number of aromatic nitrogens is 1. The summed E-state index contributed by atoms with van der Waals surface area (Å²) in [6.45, 7) is 4.30. The highest BCUT2D eigenvalue weighted by atomic mass is 32.2. The van der Waals surface area contributed by atoms with Crippen molar-refractivity contribution in [1.29, 1.82) is 0 Å². The zero-order valence-corrected chi connectivity index (χ0v) is 20.1. The predicted molar refractivity (Wildman–Crippen MR) is 138 cm³/mol. The Bertz CT molecular complexity index is 989. The van der Waals surface area contributed by atoms with Crippen LogP contribution in [0.2, 0.25) is 0 Å². The van der Waals surface area contributed by atoms with Crippen LogP contribution in [0.4, 0.5) is 5.69 Å². The van der Waals surface area contributed by atoms with E-state index in [-0.39, 0.29) is 0 Å². The van der Waals surface area contributed by atoms with Gasteiger partial charge in [-0.25, -0.2) is 5.26 Å². The van der Waals surface area contributed by atoms with Crippen LogP contribution in [0, 0.1) is 0 Å². The minimum Gasteiger partial charge on any atom is -0.375 e. The Balaban J connectivity index is 1.68. The van der Waals surface area contributed by atoms with Crippen LogP contribution in [0.5, 0.6) is 0 Å². The first-order valence-electron chi connectivity index (χ1n) is 11.6. The van der Waals surface area contributed by atoms with Crippen LogP contribution in [-0.4, -0.2) is 24.6 Å². The maximum Gasteiger partial charge on any atom is 0.213 e. The summed E-state index contributed by atoms with van der Waals surface area (Å²) in [5.74, 6) is 0.795. The van der Waals surface area contributed by atoms with Crippen LogP contribution in [0.25, 0.3) is 23.1 Å². The summed E-state index contributed by atoms with van der Waals surface area (Å²) in [6.07, 6.45) is 12.4. The molecule has 4 nitrogen and oxygen atoms in total. The number of aryl methyl sites for hydroxylation is 1. The van der Waals surface area contributed by atoms with Gasteiger partial charge >= 0.3 is 0 Å². The van der Waals surface area contributed by atoms with Crippen LogP contribution < -0.4 is 9.47 Å². The van der Waals surface area contributed by atoms with Crippen LogP contribution in [0.3, 0.4) is 0 Å². The molecule has 32 heavy (non-hydrogen) atoms. The smallest absolute Gasteiger partial charge is 0.213 e. The average Bonchev–Trinajstić information content (AvgIpc) is 2.83. The highest BCUT2D eigenvalue weighted by Gasteiger charge is 2.10. The van der Waals surface area contributed by atoms with Gasteiger partial charge in [-0.15, -0.1) is 0 Å². The van der Waals surface area contributed by atoms with Gasteiger partial charge in [0, 0.05) is 55.6 Å². The molecule has 0 fully saturated rings. The first-order valence-corrected chi connectivity index (χ1v) is 12.5. The number of nitrogens with zero attached hydrogens (tertiary/aromatic N) is 2. The molecule has 0 radical (unpaired) electrons. The Morgan fingerprint density at radius 3 is 2.56 bits per heavy atom. The number of pyridine rings is 1. The minimum atomic E-state index is 0.795. The third-order valence-corrected chi connectivity index (χ3v) is 6.33. The second-order valence-corrected chi connectivity index (χ2v) is 8.93. The van der Waals surface area contributed by atoms with Gasteiger partial charge in [0.25, 0.3) is 0 Å². The highest BCUT2D eigenvalue weighted by molar-refractivity contribution is 7.94. The summed E-state index contributed by atoms with van der Waals surface area (Å²) in [4.78, 5) is 2.34. The Labute approximate surface area is 196 Å². The van der Waals surface area contributed by atoms with Crippen LogP contribution in [-0.2, 0) is 10.9 Å². The molecule has 0 aliphatic rings. The van der Waals surface area contributed by atoms with Crippen molar-refractivity contribution in [3.63, 3.8) is 0 Å². The van der Waals surface area contributed by atoms with E-state index in [1.807, 2.05) is 0 Å². The number of rotatable bonds is 13. The fourth-order valence-corrected chi connectivity index (χ4v) is 4.28. The van der Waals surface area contributed by atoms with E-state index >= 15 is 0 Å². The van der Waals surface area contributed by atoms with E-state index in [0.29, 0.717) is 0 Å². The van der Waals surface area contributed by atoms with Crippen LogP contribution in [0.15, 0.2) is 60.8 Å². The summed E-state index contributed by atoms with van der Waals surface area (Å²) >= 11 is 1.09. The summed E-state index contributed by atoms with van der Waals surface area (Å²) in [5, 5.41) is 9.67. The molecular formula is C27H35N2O2S+. The zero-order chi connectivity index (χ0) is 22.6. The summed E-state index contributed by atoms with van der Waals surface area (Å²) in [7, 11) is 2.17. The Morgan fingerprint density at radius 1 is 0.969 bits per heavy atom. The molecule has 170 valence electrons. The third kappa shape index (κ3) is 7.09. The Hall–Kier alpha value is -2.34. The SMILES string of the molecule is CCCCCN(C)c1ccc(C=Cc2cc[n+](CCCCSOO)c3ccccc23)cc1. The molecule has 0 atom stereocenters. The lowest BCUT2D eigenvalue weighted by atomic mass is 10.1. The lowest BCUT2D eigenvalue weighted by Crippen LogP contribution is -2.34. The second-order valence-electron chi connectivity index (χ2n) is 8.14. The van der Waals surface area contributed by atoms with Crippen molar-refractivity contribution < 1.29 is 14.2 Å². The molecule has 5 heteroatoms. The molecule has 0 saturated carbocycles. The van der Waals surface area contributed by atoms with Crippen molar-refractivity contribution in [3.05, 3.63) is 71.9 Å². The lowest BCUT2D eigenvalue weighted by Gasteiger charge is -2.19. The van der Waals surface area contributed by atoms with E-state index in [1.165, 1.54) is 47.0 Å². The Morgan fingerprint density at radius 2 is 1.78 bits per heavy atom. The van der Waals surface area contributed by atoms with Gasteiger partial charge in [0.05, 0.1) is 5.39 Å².